The van der Waals surface area contributed by atoms with Crippen LogP contribution in [-0.4, -0.2) is 195 Å². The van der Waals surface area contributed by atoms with Gasteiger partial charge in [0.2, 0.25) is 35.4 Å². The average Bonchev–Trinajstić information content (AvgIpc) is 0.692. The second-order valence-electron chi connectivity index (χ2n) is 48.1. The second kappa shape index (κ2) is 42.5. The Kier molecular flexibility index (Phi) is 31.3. The van der Waals surface area contributed by atoms with Gasteiger partial charge < -0.3 is 60.3 Å². The molecule has 6 heterocycles. The molecule has 21 nitrogen and oxygen atoms in total. The Morgan fingerprint density at radius 2 is 0.699 bits per heavy atom. The molecule has 5 aromatic carbocycles. The lowest BCUT2D eigenvalue weighted by atomic mass is 9.40. The molecule has 5 aliphatic heterocycles. The molecule has 5 saturated heterocycles. The van der Waals surface area contributed by atoms with Crippen LogP contribution in [0.3, 0.4) is 0 Å². The fraction of sp³-hybridized carbons (Fsp3) is 0.642. The molecule has 20 bridgehead atoms. The van der Waals surface area contributed by atoms with Crippen molar-refractivity contribution in [3.05, 3.63) is 202 Å². The lowest BCUT2D eigenvalue weighted by molar-refractivity contribution is -0.172. The molecule has 2 atom stereocenters. The number of aliphatic hydroxyl groups is 3. The molecule has 790 valence electrons. The lowest BCUT2D eigenvalue weighted by Crippen LogP contribution is -2.67. The van der Waals surface area contributed by atoms with Crippen LogP contribution in [-0.2, 0) is 55.8 Å². The molecule has 20 aliphatic carbocycles. The minimum Gasteiger partial charge on any atom is -0.481 e. The zero-order valence-corrected chi connectivity index (χ0v) is 81.3. The van der Waals surface area contributed by atoms with Crippen LogP contribution in [0.4, 0.5) is 26.7 Å². The number of rotatable bonds is 19. The molecule has 6 N–H and O–H groups in total. The number of likely N-dealkylation sites (tertiary alicyclic amines) is 5. The number of carboxylic acid groups (broad SMARTS) is 1. The molecule has 25 aliphatic rings. The molecule has 1 aromatic heterocycles. The van der Waals surface area contributed by atoms with Crippen LogP contribution in [0.5, 0.6) is 5.88 Å². The fourth-order valence-corrected chi connectivity index (χ4v) is 35.5. The molecule has 6 aromatic rings. The molecular weight excluding hydrogens is 1850 g/mol. The highest BCUT2D eigenvalue weighted by Gasteiger charge is 2.69. The van der Waals surface area contributed by atoms with Gasteiger partial charge in [-0.3, -0.25) is 28.8 Å². The van der Waals surface area contributed by atoms with Crippen molar-refractivity contribution in [1.29, 1.82) is 5.26 Å². The number of benzene rings is 5. The van der Waals surface area contributed by atoms with Gasteiger partial charge in [0, 0.05) is 131 Å². The number of aliphatic hydroxyl groups excluding tert-OH is 3. The summed E-state index contributed by atoms with van der Waals surface area (Å²) in [5.74, 6) is 9.37. The maximum atomic E-state index is 13.8. The van der Waals surface area contributed by atoms with E-state index in [0.29, 0.717) is 148 Å². The number of aliphatic carboxylic acids is 1. The Morgan fingerprint density at radius 1 is 0.390 bits per heavy atom. The van der Waals surface area contributed by atoms with Crippen LogP contribution in [0.1, 0.15) is 251 Å². The van der Waals surface area contributed by atoms with Crippen LogP contribution in [0.2, 0.25) is 0 Å². The van der Waals surface area contributed by atoms with Crippen molar-refractivity contribution in [1.82, 2.24) is 40.1 Å². The van der Waals surface area contributed by atoms with E-state index in [-0.39, 0.29) is 161 Å². The van der Waals surface area contributed by atoms with Gasteiger partial charge in [-0.1, -0.05) is 105 Å². The number of β-amino-alcohol motifs (C(OH)–C–C–N with tert-alkyl or cyclic N) is 3. The topological polar surface area (TPSA) is 287 Å². The monoisotopic (exact) mass is 2010 g/mol. The number of halogens is 5. The van der Waals surface area contributed by atoms with E-state index in [9.17, 15) is 75.9 Å². The summed E-state index contributed by atoms with van der Waals surface area (Å²) in [6.07, 6.45) is 30.7. The third kappa shape index (κ3) is 19.1. The van der Waals surface area contributed by atoms with Gasteiger partial charge in [-0.05, 0) is 373 Å². The van der Waals surface area contributed by atoms with E-state index in [1.165, 1.54) is 150 Å². The largest absolute Gasteiger partial charge is 0.481 e. The highest BCUT2D eigenvalue weighted by atomic mass is 19.1. The van der Waals surface area contributed by atoms with Crippen molar-refractivity contribution in [2.24, 2.45) is 136 Å². The Bertz CT molecular complexity index is 5540. The van der Waals surface area contributed by atoms with E-state index in [1.807, 2.05) is 74.2 Å². The summed E-state index contributed by atoms with van der Waals surface area (Å²) in [7, 11) is 1.59. The van der Waals surface area contributed by atoms with Gasteiger partial charge in [0.1, 0.15) is 41.1 Å². The van der Waals surface area contributed by atoms with E-state index < -0.39 is 34.7 Å². The standard InChI is InChI=1S/C28H30FN3O2.C23H30FN3O2.C22H26FNO4.C22H28FNO2.C20H24FNO2.5CH4/c29-25-4-2-22(3-5-25)28(23-8-19-7-20(10-23)11-24(28)9-19)12-27(33)32-15-21(16-32)17-34-26-6-1-18(13-30)14-31-26;1-25-22(29)26-20-12-27(13-20)21(28)11-23(16-2-4-19(24)5-3-16)17-7-14-6-15(9-17)10-18(23)8-14;23-17-3-1-14(2-4-17)22(15-6-12-5-13(8-15)9-16(22)7-12)19(21(27)28)20(26)24-10-18(25)11-24;1-13(21(26)24-11-20(25)12-24)22(16-2-4-19(23)5-3-16)17-7-14-6-15(9-17)10-18(22)8-14;21-17-3-1-14(2-4-17)20(19(24)22-10-18(23)11-22)15-6-12-5-13(8-15)9-16(20)7-12;;;;;/h1-6,14,19-21,23-24H,7-12,15-17H2;2-5,14-15,17-18,20H,6-13H2,1H3,(H2,25,26,29);1-4,12-13,15-16,18-19,25H,5-11H2,(H,27,28);2-5,13-15,17-18,20,25H,6-12H2,1H3;1-4,12-13,15-16,18,23H,5-11H2;5*1H4. The smallest absolute Gasteiger partial charge is 0.317 e. The quantitative estimate of drug-likeness (QED) is 0.0325. The average molecular weight is 2010 g/mol. The summed E-state index contributed by atoms with van der Waals surface area (Å²) in [5, 5.41) is 53.5. The minimum atomic E-state index is -1.18. The molecule has 26 heteroatoms. The number of pyridine rings is 1. The number of amides is 7. The zero-order valence-electron chi connectivity index (χ0n) is 81.3. The van der Waals surface area contributed by atoms with E-state index in [4.69, 9.17) is 10.00 Å². The van der Waals surface area contributed by atoms with Gasteiger partial charge in [0.15, 0.2) is 0 Å². The number of hydrogen-bond donors (Lipinski definition) is 6. The van der Waals surface area contributed by atoms with E-state index in [1.54, 1.807) is 67.7 Å². The molecule has 0 radical (unpaired) electrons. The first-order valence-corrected chi connectivity index (χ1v) is 53.4. The lowest BCUT2D eigenvalue weighted by Gasteiger charge is -2.64. The predicted octanol–water partition coefficient (Wildman–Crippen LogP) is 19.4. The number of aromatic nitrogens is 1. The van der Waals surface area contributed by atoms with Gasteiger partial charge >= 0.3 is 12.0 Å². The maximum Gasteiger partial charge on any atom is 0.317 e. The molecule has 146 heavy (non-hydrogen) atoms. The van der Waals surface area contributed by atoms with Crippen molar-refractivity contribution >= 4 is 41.5 Å². The molecule has 0 spiro atoms. The summed E-state index contributed by atoms with van der Waals surface area (Å²) in [6, 6.07) is 39.1. The zero-order chi connectivity index (χ0) is 97.6. The van der Waals surface area contributed by atoms with Crippen LogP contribution in [0.25, 0.3) is 0 Å². The number of nitriles is 1. The number of carbonyl (C=O) groups excluding carboxylic acids is 6. The molecule has 31 rings (SSSR count). The van der Waals surface area contributed by atoms with Gasteiger partial charge in [-0.25, -0.2) is 31.7 Å². The first-order chi connectivity index (χ1) is 67.9. The van der Waals surface area contributed by atoms with Gasteiger partial charge in [0.05, 0.1) is 41.9 Å². The number of nitrogens with one attached hydrogen (secondary N) is 2. The highest BCUT2D eigenvalue weighted by molar-refractivity contribution is 5.99. The predicted molar refractivity (Wildman–Crippen MR) is 549 cm³/mol. The van der Waals surface area contributed by atoms with Gasteiger partial charge in [0.25, 0.3) is 0 Å². The summed E-state index contributed by atoms with van der Waals surface area (Å²) >= 11 is 0. The molecule has 2 unspecified atom stereocenters. The van der Waals surface area contributed by atoms with Crippen LogP contribution in [0, 0.1) is 177 Å². The third-order valence-electron chi connectivity index (χ3n) is 40.6. The number of ether oxygens (including phenoxy) is 1. The van der Waals surface area contributed by atoms with Crippen molar-refractivity contribution in [2.75, 3.05) is 79.1 Å². The minimum absolute atomic E-state index is 0. The Labute approximate surface area is 860 Å². The van der Waals surface area contributed by atoms with Gasteiger partial charge in [-0.2, -0.15) is 5.26 Å². The van der Waals surface area contributed by atoms with Gasteiger partial charge in [-0.15, -0.1) is 0 Å². The number of carbonyl (C=O) groups is 7. The van der Waals surface area contributed by atoms with Crippen LogP contribution < -0.4 is 15.4 Å². The highest BCUT2D eigenvalue weighted by Crippen LogP contribution is 2.71. The first kappa shape index (κ1) is 107. The summed E-state index contributed by atoms with van der Waals surface area (Å²) < 4.78 is 74.0. The molecular formula is C120H158F5N9O12. The summed E-state index contributed by atoms with van der Waals surface area (Å²) in [5.41, 5.74) is 4.05. The number of urea groups is 1. The number of nitrogens with zero attached hydrogens (tertiary/aromatic N) is 7. The van der Waals surface area contributed by atoms with Crippen LogP contribution in [0.15, 0.2) is 140 Å². The van der Waals surface area contributed by atoms with Crippen molar-refractivity contribution < 1.29 is 80.7 Å². The first-order valence-electron chi connectivity index (χ1n) is 53.4. The summed E-state index contributed by atoms with van der Waals surface area (Å²) in [4.78, 5) is 104. The fourth-order valence-electron chi connectivity index (χ4n) is 35.5. The summed E-state index contributed by atoms with van der Waals surface area (Å²) in [6.45, 7) is 7.39. The Morgan fingerprint density at radius 3 is 1.03 bits per heavy atom. The third-order valence-corrected chi connectivity index (χ3v) is 40.6. The molecule has 25 fully saturated rings. The second-order valence-corrected chi connectivity index (χ2v) is 48.1. The van der Waals surface area contributed by atoms with Crippen molar-refractivity contribution in [3.63, 3.8) is 0 Å². The van der Waals surface area contributed by atoms with E-state index >= 15 is 0 Å². The van der Waals surface area contributed by atoms with Crippen molar-refractivity contribution in [2.45, 2.75) is 269 Å². The number of carboxylic acids is 1. The Hall–Kier alpha value is -9.84. The van der Waals surface area contributed by atoms with E-state index in [2.05, 4.69) is 22.5 Å². The van der Waals surface area contributed by atoms with E-state index in [0.717, 1.165) is 121 Å². The molecule has 20 saturated carbocycles. The Balaban J connectivity index is 0.000000124. The molecule has 7 amide bonds. The van der Waals surface area contributed by atoms with Crippen LogP contribution >= 0.6 is 0 Å². The number of hydrogen-bond acceptors (Lipinski definition) is 13. The van der Waals surface area contributed by atoms with Crippen molar-refractivity contribution in [3.8, 4) is 11.9 Å². The SMILES string of the molecule is C.C.C.C.C.CC(C(=O)N1CC(O)C1)C1(c2ccc(F)cc2)C2CC3CC(C2)CC1C3.CNC(=O)NC1CN(C(=O)CC2(c3ccc(F)cc3)C3CC4CC(C3)CC2C4)C1.N#Cc1ccc(OCC2CN(C(=O)CC3(c4ccc(F)cc4)C4CC5CC(C4)CC3C5)C2)nc1.O=C(N1CC(O)C1)C1(c2ccc(F)cc2)C2CC3CC(C2)CC1C3.O=C(O)C(C(=O)N1CC(O)C1)C1(c2ccc(F)cc2)C2CC3CC(C2)CC1C3. The maximum absolute atomic E-state index is 13.8. The normalized spacial score (nSPS) is 35.4.